The van der Waals surface area contributed by atoms with Gasteiger partial charge in [0.2, 0.25) is 0 Å². The van der Waals surface area contributed by atoms with Crippen LogP contribution in [0.2, 0.25) is 0 Å². The van der Waals surface area contributed by atoms with Crippen molar-refractivity contribution in [1.82, 2.24) is 0 Å². The van der Waals surface area contributed by atoms with E-state index in [1.54, 1.807) is 30.0 Å². The minimum absolute atomic E-state index is 0.0157. The average molecular weight is 347 g/mol. The Morgan fingerprint density at radius 2 is 2.22 bits per heavy atom. The molecule has 122 valence electrons. The summed E-state index contributed by atoms with van der Waals surface area (Å²) >= 11 is 3.29. The third-order valence-corrected chi connectivity index (χ3v) is 6.26. The largest absolute Gasteiger partial charge is 0.295 e. The second-order valence-corrected chi connectivity index (χ2v) is 7.82. The van der Waals surface area contributed by atoms with Gasteiger partial charge >= 0.3 is 0 Å². The normalized spacial score (nSPS) is 21.1. The molecule has 0 saturated heterocycles. The molecule has 0 aromatic carbocycles. The van der Waals surface area contributed by atoms with E-state index in [4.69, 9.17) is 0 Å². The molecule has 23 heavy (non-hydrogen) atoms. The molecule has 0 radical (unpaired) electrons. The van der Waals surface area contributed by atoms with Crippen molar-refractivity contribution >= 4 is 33.9 Å². The number of aryl methyl sites for hydroxylation is 1. The van der Waals surface area contributed by atoms with E-state index in [1.165, 1.54) is 0 Å². The van der Waals surface area contributed by atoms with Crippen LogP contribution in [-0.4, -0.2) is 16.6 Å². The quantitative estimate of drug-likeness (QED) is 0.698. The van der Waals surface area contributed by atoms with Crippen LogP contribution in [0.3, 0.4) is 0 Å². The average Bonchev–Trinajstić information content (AvgIpc) is 2.92. The van der Waals surface area contributed by atoms with E-state index in [0.717, 1.165) is 39.8 Å². The highest BCUT2D eigenvalue weighted by atomic mass is 32.2. The Hall–Kier alpha value is -1.38. The van der Waals surface area contributed by atoms with Crippen LogP contribution in [0, 0.1) is 24.2 Å². The number of allylic oxidation sites excluding steroid dienone is 2. The van der Waals surface area contributed by atoms with E-state index in [9.17, 15) is 10.1 Å². The Morgan fingerprint density at radius 3 is 2.74 bits per heavy atom. The fourth-order valence-corrected chi connectivity index (χ4v) is 5.15. The van der Waals surface area contributed by atoms with Gasteiger partial charge in [0.15, 0.2) is 5.78 Å². The number of ketones is 1. The molecule has 0 N–H and O–H groups in total. The molecule has 3 nitrogen and oxygen atoms in total. The van der Waals surface area contributed by atoms with Crippen molar-refractivity contribution in [2.24, 2.45) is 10.9 Å². The molecule has 0 amide bonds. The second-order valence-electron chi connectivity index (χ2n) is 5.76. The number of thiophene rings is 1. The number of hydrogen-bond acceptors (Lipinski definition) is 5. The first kappa shape index (κ1) is 18.0. The van der Waals surface area contributed by atoms with Crippen LogP contribution in [0.15, 0.2) is 27.7 Å². The zero-order chi connectivity index (χ0) is 17.0. The lowest BCUT2D eigenvalue weighted by molar-refractivity contribution is -0.114. The first-order valence-electron chi connectivity index (χ1n) is 7.87. The number of thioether (sulfide) groups is 1. The summed E-state index contributed by atoms with van der Waals surface area (Å²) in [6.07, 6.45) is 2.23. The van der Waals surface area contributed by atoms with E-state index >= 15 is 0 Å². The molecule has 0 fully saturated rings. The maximum Gasteiger partial charge on any atom is 0.158 e. The number of carbonyl (C=O) groups excluding carboxylic acids is 1. The number of rotatable bonds is 5. The van der Waals surface area contributed by atoms with Gasteiger partial charge in [-0.25, -0.2) is 4.99 Å². The molecule has 2 heterocycles. The van der Waals surface area contributed by atoms with Crippen molar-refractivity contribution in [3.63, 3.8) is 0 Å². The lowest BCUT2D eigenvalue weighted by Crippen LogP contribution is -2.28. The topological polar surface area (TPSA) is 53.2 Å². The fourth-order valence-electron chi connectivity index (χ4n) is 2.86. The molecule has 1 aliphatic rings. The van der Waals surface area contributed by atoms with Gasteiger partial charge in [0.05, 0.1) is 11.1 Å². The van der Waals surface area contributed by atoms with Crippen LogP contribution in [0.25, 0.3) is 0 Å². The maximum absolute atomic E-state index is 12.2. The minimum atomic E-state index is -0.364. The molecule has 1 unspecified atom stereocenters. The zero-order valence-corrected chi connectivity index (χ0v) is 15.7. The predicted octanol–water partition coefficient (Wildman–Crippen LogP) is 5.09. The summed E-state index contributed by atoms with van der Waals surface area (Å²) in [5, 5.41) is 12.7. The number of carbonyl (C=O) groups is 1. The van der Waals surface area contributed by atoms with Crippen LogP contribution in [0.1, 0.15) is 50.0 Å². The Balaban J connectivity index is 2.49. The monoisotopic (exact) mass is 346 g/mol. The Morgan fingerprint density at radius 1 is 1.48 bits per heavy atom. The van der Waals surface area contributed by atoms with Gasteiger partial charge < -0.3 is 0 Å². The molecular formula is C18H22N2OS2. The highest BCUT2D eigenvalue weighted by Gasteiger charge is 2.38. The number of nitrogens with zero attached hydrogens (tertiary/aromatic N) is 2. The number of hydrogen-bond donors (Lipinski definition) is 0. The third-order valence-electron chi connectivity index (χ3n) is 4.03. The van der Waals surface area contributed by atoms with Gasteiger partial charge in [-0.3, -0.25) is 4.79 Å². The molecule has 1 aliphatic heterocycles. The van der Waals surface area contributed by atoms with Crippen molar-refractivity contribution in [2.45, 2.75) is 46.5 Å². The van der Waals surface area contributed by atoms with Crippen molar-refractivity contribution in [3.8, 4) is 6.07 Å². The number of aliphatic imine (C=N–C) groups is 1. The second kappa shape index (κ2) is 7.94. The molecule has 0 saturated carbocycles. The van der Waals surface area contributed by atoms with Gasteiger partial charge in [-0.05, 0) is 50.0 Å². The van der Waals surface area contributed by atoms with Crippen molar-refractivity contribution < 1.29 is 4.79 Å². The summed E-state index contributed by atoms with van der Waals surface area (Å²) in [7, 11) is 0. The van der Waals surface area contributed by atoms with Crippen molar-refractivity contribution in [3.05, 3.63) is 33.2 Å². The van der Waals surface area contributed by atoms with Gasteiger partial charge in [0, 0.05) is 22.1 Å². The van der Waals surface area contributed by atoms with Crippen molar-refractivity contribution in [2.75, 3.05) is 5.75 Å². The van der Waals surface area contributed by atoms with Crippen LogP contribution in [0.4, 0.5) is 0 Å². The zero-order valence-electron chi connectivity index (χ0n) is 14.0. The lowest BCUT2D eigenvalue weighted by Gasteiger charge is -2.29. The smallest absolute Gasteiger partial charge is 0.158 e. The van der Waals surface area contributed by atoms with Crippen LogP contribution in [-0.2, 0) is 4.79 Å². The summed E-state index contributed by atoms with van der Waals surface area (Å²) in [5.74, 6) is 0.435. The SMILES string of the molecule is CCCCSC1=NC(C)=C(C(C)=O)[C@@H](c2sccc2C)C1C#N. The molecule has 1 aromatic heterocycles. The van der Waals surface area contributed by atoms with E-state index in [0.29, 0.717) is 5.57 Å². The standard InChI is InChI=1S/C18H22N2OS2/c1-5-6-8-23-18-14(10-19)16(17-11(2)7-9-22-17)15(13(4)21)12(3)20-18/h7,9,14,16H,5-6,8H2,1-4H3/t14?,16-/m0/s1. The van der Waals surface area contributed by atoms with E-state index in [2.05, 4.69) is 24.1 Å². The first-order chi connectivity index (χ1) is 11.0. The predicted molar refractivity (Wildman–Crippen MR) is 99.1 cm³/mol. The molecular weight excluding hydrogens is 324 g/mol. The van der Waals surface area contributed by atoms with Crippen LogP contribution in [0.5, 0.6) is 0 Å². The Bertz CT molecular complexity index is 694. The first-order valence-corrected chi connectivity index (χ1v) is 9.74. The number of nitriles is 1. The van der Waals surface area contributed by atoms with Gasteiger partial charge in [0.25, 0.3) is 0 Å². The Kier molecular flexibility index (Phi) is 6.20. The van der Waals surface area contributed by atoms with Gasteiger partial charge in [-0.2, -0.15) is 5.26 Å². The van der Waals surface area contributed by atoms with Crippen molar-refractivity contribution in [1.29, 1.82) is 5.26 Å². The van der Waals surface area contributed by atoms with Gasteiger partial charge in [-0.15, -0.1) is 23.1 Å². The molecule has 2 atom stereocenters. The highest BCUT2D eigenvalue weighted by Crippen LogP contribution is 2.44. The van der Waals surface area contributed by atoms with Crippen LogP contribution < -0.4 is 0 Å². The van der Waals surface area contributed by atoms with E-state index in [-0.39, 0.29) is 17.6 Å². The Labute approximate surface area is 146 Å². The molecule has 0 bridgehead atoms. The molecule has 1 aromatic rings. The van der Waals surface area contributed by atoms with Gasteiger partial charge in [0.1, 0.15) is 5.92 Å². The molecule has 5 heteroatoms. The van der Waals surface area contributed by atoms with E-state index in [1.807, 2.05) is 19.2 Å². The van der Waals surface area contributed by atoms with Gasteiger partial charge in [-0.1, -0.05) is 13.3 Å². The maximum atomic E-state index is 12.2. The minimum Gasteiger partial charge on any atom is -0.295 e. The summed E-state index contributed by atoms with van der Waals surface area (Å²) in [4.78, 5) is 18.0. The number of Topliss-reactive ketones (excluding diaryl/α,β-unsaturated/α-hetero) is 1. The highest BCUT2D eigenvalue weighted by molar-refractivity contribution is 8.14. The number of unbranched alkanes of at least 4 members (excludes halogenated alkanes) is 1. The lowest BCUT2D eigenvalue weighted by atomic mass is 9.80. The molecule has 0 aliphatic carbocycles. The van der Waals surface area contributed by atoms with E-state index < -0.39 is 0 Å². The molecule has 2 rings (SSSR count). The molecule has 0 spiro atoms. The summed E-state index contributed by atoms with van der Waals surface area (Å²) in [5.41, 5.74) is 2.61. The summed E-state index contributed by atoms with van der Waals surface area (Å²) < 4.78 is 0. The van der Waals surface area contributed by atoms with Crippen LogP contribution >= 0.6 is 23.1 Å². The fraction of sp³-hybridized carbons (Fsp3) is 0.500. The third kappa shape index (κ3) is 3.76. The summed E-state index contributed by atoms with van der Waals surface area (Å²) in [6.45, 7) is 7.67. The summed E-state index contributed by atoms with van der Waals surface area (Å²) in [6, 6.07) is 4.47.